The fourth-order valence-corrected chi connectivity index (χ4v) is 4.87. The standard InChI is InChI=1S/C21H16N2O5S2/c24-20(11-26-21(25)13-5-6-16-17(9-13)28-12-27-16)23-15(19-4-2-8-30-19)10-14(22-23)18-3-1-7-29-18/h1-9,15H,10-12H2. The minimum atomic E-state index is -0.601. The Bertz CT molecular complexity index is 1110. The van der Waals surface area contributed by atoms with Crippen LogP contribution >= 0.6 is 22.7 Å². The average Bonchev–Trinajstić information content (AvgIpc) is 3.56. The summed E-state index contributed by atoms with van der Waals surface area (Å²) in [5, 5.41) is 9.95. The molecule has 9 heteroatoms. The number of amides is 1. The Labute approximate surface area is 180 Å². The van der Waals surface area contributed by atoms with E-state index in [1.165, 1.54) is 5.01 Å². The number of rotatable bonds is 5. The van der Waals surface area contributed by atoms with Crippen molar-refractivity contribution in [3.05, 3.63) is 68.5 Å². The van der Waals surface area contributed by atoms with E-state index in [0.717, 1.165) is 15.5 Å². The third-order valence-electron chi connectivity index (χ3n) is 4.78. The number of hydrogen-bond donors (Lipinski definition) is 0. The Morgan fingerprint density at radius 2 is 1.93 bits per heavy atom. The molecule has 5 rings (SSSR count). The van der Waals surface area contributed by atoms with Crippen molar-refractivity contribution in [3.8, 4) is 11.5 Å². The van der Waals surface area contributed by atoms with E-state index in [2.05, 4.69) is 5.10 Å². The van der Waals surface area contributed by atoms with Crippen LogP contribution in [0.15, 0.2) is 58.3 Å². The number of hydrazone groups is 1. The summed E-state index contributed by atoms with van der Waals surface area (Å²) in [5.74, 6) is 0.0947. The number of ether oxygens (including phenoxy) is 3. The van der Waals surface area contributed by atoms with Crippen molar-refractivity contribution in [2.24, 2.45) is 5.10 Å². The predicted octanol–water partition coefficient (Wildman–Crippen LogP) is 4.07. The lowest BCUT2D eigenvalue weighted by molar-refractivity contribution is -0.136. The number of benzene rings is 1. The predicted molar refractivity (Wildman–Crippen MR) is 112 cm³/mol. The first kappa shape index (κ1) is 18.8. The van der Waals surface area contributed by atoms with E-state index >= 15 is 0 Å². The van der Waals surface area contributed by atoms with Gasteiger partial charge in [0.15, 0.2) is 18.1 Å². The number of carbonyl (C=O) groups is 2. The van der Waals surface area contributed by atoms with Gasteiger partial charge in [0.1, 0.15) is 0 Å². The molecular weight excluding hydrogens is 424 g/mol. The molecule has 0 aliphatic carbocycles. The molecule has 2 aliphatic rings. The van der Waals surface area contributed by atoms with Crippen LogP contribution in [0.25, 0.3) is 0 Å². The fourth-order valence-electron chi connectivity index (χ4n) is 3.33. The number of esters is 1. The van der Waals surface area contributed by atoms with Gasteiger partial charge in [-0.05, 0) is 41.1 Å². The highest BCUT2D eigenvalue weighted by Crippen LogP contribution is 2.36. The zero-order chi connectivity index (χ0) is 20.5. The molecule has 0 saturated carbocycles. The molecule has 4 heterocycles. The summed E-state index contributed by atoms with van der Waals surface area (Å²) in [7, 11) is 0. The van der Waals surface area contributed by atoms with E-state index in [1.807, 2.05) is 35.0 Å². The third kappa shape index (κ3) is 3.57. The average molecular weight is 441 g/mol. The van der Waals surface area contributed by atoms with Gasteiger partial charge in [-0.1, -0.05) is 12.1 Å². The molecule has 0 spiro atoms. The lowest BCUT2D eigenvalue weighted by Gasteiger charge is -2.20. The van der Waals surface area contributed by atoms with Crippen LogP contribution in [0.5, 0.6) is 11.5 Å². The largest absolute Gasteiger partial charge is 0.454 e. The monoisotopic (exact) mass is 440 g/mol. The van der Waals surface area contributed by atoms with Gasteiger partial charge in [-0.25, -0.2) is 9.80 Å². The van der Waals surface area contributed by atoms with Crippen LogP contribution < -0.4 is 9.47 Å². The summed E-state index contributed by atoms with van der Waals surface area (Å²) >= 11 is 3.16. The maximum absolute atomic E-state index is 12.9. The third-order valence-corrected chi connectivity index (χ3v) is 6.67. The Kier molecular flexibility index (Phi) is 4.97. The first-order chi connectivity index (χ1) is 14.7. The number of thiophene rings is 2. The Morgan fingerprint density at radius 1 is 1.10 bits per heavy atom. The molecule has 0 radical (unpaired) electrons. The fraction of sp³-hybridized carbons (Fsp3) is 0.190. The van der Waals surface area contributed by atoms with Crippen LogP contribution in [-0.2, 0) is 9.53 Å². The van der Waals surface area contributed by atoms with Gasteiger partial charge in [0.05, 0.1) is 22.2 Å². The smallest absolute Gasteiger partial charge is 0.338 e. The lowest BCUT2D eigenvalue weighted by atomic mass is 10.1. The molecule has 1 atom stereocenters. The second-order valence-electron chi connectivity index (χ2n) is 6.64. The van der Waals surface area contributed by atoms with Crippen molar-refractivity contribution >= 4 is 40.3 Å². The minimum Gasteiger partial charge on any atom is -0.454 e. The number of carbonyl (C=O) groups excluding carboxylic acids is 2. The van der Waals surface area contributed by atoms with Gasteiger partial charge in [-0.3, -0.25) is 4.79 Å². The van der Waals surface area contributed by atoms with Gasteiger partial charge in [0, 0.05) is 11.3 Å². The molecular formula is C21H16N2O5S2. The summed E-state index contributed by atoms with van der Waals surface area (Å²) in [6, 6.07) is 12.5. The van der Waals surface area contributed by atoms with Gasteiger partial charge in [0.2, 0.25) is 6.79 Å². The zero-order valence-corrected chi connectivity index (χ0v) is 17.3. The summed E-state index contributed by atoms with van der Waals surface area (Å²) < 4.78 is 15.8. The van der Waals surface area contributed by atoms with Crippen molar-refractivity contribution in [1.29, 1.82) is 0 Å². The summed E-state index contributed by atoms with van der Waals surface area (Å²) in [6.45, 7) is -0.271. The van der Waals surface area contributed by atoms with Gasteiger partial charge >= 0.3 is 5.97 Å². The Morgan fingerprint density at radius 3 is 2.73 bits per heavy atom. The van der Waals surface area contributed by atoms with Crippen LogP contribution in [0, 0.1) is 0 Å². The number of hydrogen-bond acceptors (Lipinski definition) is 8. The molecule has 0 bridgehead atoms. The van der Waals surface area contributed by atoms with Crippen molar-refractivity contribution < 1.29 is 23.8 Å². The van der Waals surface area contributed by atoms with Gasteiger partial charge in [-0.15, -0.1) is 22.7 Å². The normalized spacial score (nSPS) is 17.1. The molecule has 0 fully saturated rings. The van der Waals surface area contributed by atoms with Crippen LogP contribution in [-0.4, -0.2) is 36.0 Å². The maximum atomic E-state index is 12.9. The highest BCUT2D eigenvalue weighted by Gasteiger charge is 2.34. The molecule has 0 N–H and O–H groups in total. The van der Waals surface area contributed by atoms with E-state index in [0.29, 0.717) is 23.5 Å². The van der Waals surface area contributed by atoms with Crippen LogP contribution in [0.1, 0.15) is 32.6 Å². The second kappa shape index (κ2) is 7.92. The molecule has 1 unspecified atom stereocenters. The van der Waals surface area contributed by atoms with Crippen molar-refractivity contribution in [3.63, 3.8) is 0 Å². The quantitative estimate of drug-likeness (QED) is 0.559. The van der Waals surface area contributed by atoms with Gasteiger partial charge in [-0.2, -0.15) is 5.10 Å². The lowest BCUT2D eigenvalue weighted by Crippen LogP contribution is -2.31. The Balaban J connectivity index is 1.30. The molecule has 1 aromatic carbocycles. The van der Waals surface area contributed by atoms with E-state index < -0.39 is 12.6 Å². The minimum absolute atomic E-state index is 0.121. The Hall–Kier alpha value is -3.17. The summed E-state index contributed by atoms with van der Waals surface area (Å²) in [6.07, 6.45) is 0.628. The zero-order valence-electron chi connectivity index (χ0n) is 15.6. The van der Waals surface area contributed by atoms with Crippen LogP contribution in [0.2, 0.25) is 0 Å². The SMILES string of the molecule is O=C(OCC(=O)N1N=C(c2cccs2)CC1c1cccs1)c1ccc2c(c1)OCO2. The highest BCUT2D eigenvalue weighted by atomic mass is 32.1. The molecule has 0 saturated heterocycles. The topological polar surface area (TPSA) is 77.4 Å². The second-order valence-corrected chi connectivity index (χ2v) is 8.57. The molecule has 152 valence electrons. The first-order valence-electron chi connectivity index (χ1n) is 9.22. The van der Waals surface area contributed by atoms with Crippen molar-refractivity contribution in [2.45, 2.75) is 12.5 Å². The number of fused-ring (bicyclic) bond motifs is 1. The first-order valence-corrected chi connectivity index (χ1v) is 11.0. The van der Waals surface area contributed by atoms with Crippen LogP contribution in [0.4, 0.5) is 0 Å². The van der Waals surface area contributed by atoms with E-state index in [9.17, 15) is 9.59 Å². The van der Waals surface area contributed by atoms with Crippen molar-refractivity contribution in [1.82, 2.24) is 5.01 Å². The molecule has 7 nitrogen and oxygen atoms in total. The van der Waals surface area contributed by atoms with E-state index in [4.69, 9.17) is 14.2 Å². The number of nitrogens with zero attached hydrogens (tertiary/aromatic N) is 2. The van der Waals surface area contributed by atoms with E-state index in [1.54, 1.807) is 40.9 Å². The summed E-state index contributed by atoms with van der Waals surface area (Å²) in [4.78, 5) is 27.4. The van der Waals surface area contributed by atoms with Crippen LogP contribution in [0.3, 0.4) is 0 Å². The highest BCUT2D eigenvalue weighted by molar-refractivity contribution is 7.12. The van der Waals surface area contributed by atoms with Gasteiger partial charge < -0.3 is 14.2 Å². The summed E-state index contributed by atoms with van der Waals surface area (Å²) in [5.41, 5.74) is 1.16. The van der Waals surface area contributed by atoms with Gasteiger partial charge in [0.25, 0.3) is 5.91 Å². The molecule has 1 amide bonds. The molecule has 30 heavy (non-hydrogen) atoms. The molecule has 3 aromatic rings. The molecule has 2 aliphatic heterocycles. The van der Waals surface area contributed by atoms with Crippen molar-refractivity contribution in [2.75, 3.05) is 13.4 Å². The van der Waals surface area contributed by atoms with E-state index in [-0.39, 0.29) is 18.7 Å². The molecule has 2 aromatic heterocycles. The maximum Gasteiger partial charge on any atom is 0.338 e.